The summed E-state index contributed by atoms with van der Waals surface area (Å²) in [5, 5.41) is 12.4. The van der Waals surface area contributed by atoms with E-state index in [1.807, 2.05) is 6.07 Å². The summed E-state index contributed by atoms with van der Waals surface area (Å²) in [6, 6.07) is 68.8. The SMILES string of the molecule is c1ccc2c(c1)oc1c(-n3c4ccccc4c4cc(-c5ccc6c(c5)c5ccccc5n6-c5ccc6c7cccc8c9ccccc9n(c6c5)c87)ccc43)cccc12. The summed E-state index contributed by atoms with van der Waals surface area (Å²) in [6.07, 6.45) is 0. The van der Waals surface area contributed by atoms with E-state index in [9.17, 15) is 0 Å². The summed E-state index contributed by atoms with van der Waals surface area (Å²) in [6.45, 7) is 0. The summed E-state index contributed by atoms with van der Waals surface area (Å²) in [5.74, 6) is 0. The molecule has 0 spiro atoms. The molecule has 0 saturated heterocycles. The first-order valence-electron chi connectivity index (χ1n) is 19.9. The van der Waals surface area contributed by atoms with Gasteiger partial charge >= 0.3 is 0 Å². The zero-order valence-electron chi connectivity index (χ0n) is 31.1. The third kappa shape index (κ3) is 3.84. The highest BCUT2D eigenvalue weighted by Crippen LogP contribution is 2.43. The molecule has 0 N–H and O–H groups in total. The van der Waals surface area contributed by atoms with E-state index in [0.717, 1.165) is 44.3 Å². The maximum absolute atomic E-state index is 6.55. The molecule has 0 radical (unpaired) electrons. The van der Waals surface area contributed by atoms with Crippen molar-refractivity contribution in [3.05, 3.63) is 188 Å². The second-order valence-corrected chi connectivity index (χ2v) is 15.7. The van der Waals surface area contributed by atoms with E-state index in [4.69, 9.17) is 4.42 Å². The second kappa shape index (κ2) is 10.9. The van der Waals surface area contributed by atoms with E-state index >= 15 is 0 Å². The molecule has 58 heavy (non-hydrogen) atoms. The molecular weight excluding hydrogens is 707 g/mol. The van der Waals surface area contributed by atoms with E-state index < -0.39 is 0 Å². The van der Waals surface area contributed by atoms with Gasteiger partial charge in [0.25, 0.3) is 0 Å². The molecule has 14 aromatic rings. The lowest BCUT2D eigenvalue weighted by Crippen LogP contribution is -1.94. The Morgan fingerprint density at radius 3 is 1.55 bits per heavy atom. The number of hydrogen-bond donors (Lipinski definition) is 0. The van der Waals surface area contributed by atoms with Crippen LogP contribution in [0.5, 0.6) is 0 Å². The fourth-order valence-electron chi connectivity index (χ4n) is 10.3. The van der Waals surface area contributed by atoms with Crippen LogP contribution in [0.25, 0.3) is 126 Å². The third-order valence-corrected chi connectivity index (χ3v) is 12.8. The molecule has 0 bridgehead atoms. The minimum absolute atomic E-state index is 0.903. The van der Waals surface area contributed by atoms with Gasteiger partial charge in [0, 0.05) is 59.5 Å². The first-order valence-corrected chi connectivity index (χ1v) is 19.9. The van der Waals surface area contributed by atoms with E-state index in [0.29, 0.717) is 0 Å². The predicted octanol–water partition coefficient (Wildman–Crippen LogP) is 14.6. The zero-order valence-corrected chi connectivity index (χ0v) is 31.1. The monoisotopic (exact) mass is 737 g/mol. The molecule has 9 aromatic carbocycles. The second-order valence-electron chi connectivity index (χ2n) is 15.7. The van der Waals surface area contributed by atoms with Crippen LogP contribution in [0.3, 0.4) is 0 Å². The summed E-state index contributed by atoms with van der Waals surface area (Å²) < 4.78 is 13.8. The Morgan fingerprint density at radius 2 is 0.828 bits per heavy atom. The van der Waals surface area contributed by atoms with Gasteiger partial charge in [0.05, 0.1) is 44.3 Å². The Hall–Kier alpha value is -7.82. The molecule has 4 heteroatoms. The lowest BCUT2D eigenvalue weighted by Gasteiger charge is -2.10. The molecular formula is C54H31N3O. The first-order chi connectivity index (χ1) is 28.8. The lowest BCUT2D eigenvalue weighted by atomic mass is 10.0. The Bertz CT molecular complexity index is 4040. The molecule has 5 heterocycles. The number of para-hydroxylation sites is 6. The van der Waals surface area contributed by atoms with Crippen molar-refractivity contribution in [2.45, 2.75) is 0 Å². The van der Waals surface area contributed by atoms with Crippen LogP contribution >= 0.6 is 0 Å². The van der Waals surface area contributed by atoms with Crippen molar-refractivity contribution in [3.8, 4) is 22.5 Å². The van der Waals surface area contributed by atoms with Gasteiger partial charge in [-0.3, -0.25) is 0 Å². The van der Waals surface area contributed by atoms with Gasteiger partial charge in [0.15, 0.2) is 5.58 Å². The van der Waals surface area contributed by atoms with Crippen LogP contribution in [0.4, 0.5) is 0 Å². The minimum Gasteiger partial charge on any atom is -0.454 e. The number of hydrogen-bond acceptors (Lipinski definition) is 1. The highest BCUT2D eigenvalue weighted by Gasteiger charge is 2.21. The zero-order chi connectivity index (χ0) is 37.6. The van der Waals surface area contributed by atoms with Crippen molar-refractivity contribution in [2.75, 3.05) is 0 Å². The van der Waals surface area contributed by atoms with Crippen molar-refractivity contribution in [1.29, 1.82) is 0 Å². The van der Waals surface area contributed by atoms with Gasteiger partial charge in [-0.1, -0.05) is 121 Å². The van der Waals surface area contributed by atoms with E-state index in [1.54, 1.807) is 0 Å². The molecule has 268 valence electrons. The van der Waals surface area contributed by atoms with Gasteiger partial charge in [-0.15, -0.1) is 0 Å². The Morgan fingerprint density at radius 1 is 0.310 bits per heavy atom. The molecule has 0 fully saturated rings. The smallest absolute Gasteiger partial charge is 0.159 e. The number of fused-ring (bicyclic) bond motifs is 15. The number of aromatic nitrogens is 3. The van der Waals surface area contributed by atoms with E-state index in [2.05, 4.69) is 196 Å². The van der Waals surface area contributed by atoms with Crippen LogP contribution in [-0.2, 0) is 0 Å². The fourth-order valence-corrected chi connectivity index (χ4v) is 10.3. The predicted molar refractivity (Wildman–Crippen MR) is 242 cm³/mol. The summed E-state index contributed by atoms with van der Waals surface area (Å²) in [5.41, 5.74) is 14.9. The largest absolute Gasteiger partial charge is 0.454 e. The quantitative estimate of drug-likeness (QED) is 0.177. The molecule has 0 amide bonds. The lowest BCUT2D eigenvalue weighted by molar-refractivity contribution is 0.666. The number of rotatable bonds is 3. The maximum atomic E-state index is 6.55. The minimum atomic E-state index is 0.903. The topological polar surface area (TPSA) is 27.4 Å². The fraction of sp³-hybridized carbons (Fsp3) is 0. The van der Waals surface area contributed by atoms with Crippen LogP contribution in [0, 0.1) is 0 Å². The number of nitrogens with zero attached hydrogens (tertiary/aromatic N) is 3. The molecule has 4 nitrogen and oxygen atoms in total. The van der Waals surface area contributed by atoms with Gasteiger partial charge in [0.2, 0.25) is 0 Å². The molecule has 14 rings (SSSR count). The standard InChI is InChI=1S/C54H31N3O/c1-7-20-47-35(11-1)40-15-9-16-41-38-26-25-34(31-51(38)57(47)53(40)41)55-45-18-5-2-12-36(45)43-29-32(23-27-48(43)55)33-24-28-49-44(30-33)37-13-3-6-19-46(37)56(49)50-21-10-17-42-39-14-4-8-22-52(39)58-54(42)50/h1-31H. The maximum Gasteiger partial charge on any atom is 0.159 e. The molecule has 0 aliphatic rings. The molecule has 0 aliphatic carbocycles. The van der Waals surface area contributed by atoms with Crippen molar-refractivity contribution in [1.82, 2.24) is 13.5 Å². The average molecular weight is 738 g/mol. The van der Waals surface area contributed by atoms with Gasteiger partial charge in [-0.2, -0.15) is 0 Å². The molecule has 0 unspecified atom stereocenters. The van der Waals surface area contributed by atoms with Gasteiger partial charge in [0.1, 0.15) is 5.58 Å². The van der Waals surface area contributed by atoms with Gasteiger partial charge in [-0.25, -0.2) is 0 Å². The van der Waals surface area contributed by atoms with Crippen molar-refractivity contribution in [3.63, 3.8) is 0 Å². The summed E-state index contributed by atoms with van der Waals surface area (Å²) >= 11 is 0. The van der Waals surface area contributed by atoms with Gasteiger partial charge < -0.3 is 18.0 Å². The Labute approximate surface area is 330 Å². The van der Waals surface area contributed by atoms with Crippen molar-refractivity contribution < 1.29 is 4.42 Å². The Kier molecular flexibility index (Phi) is 5.73. The summed E-state index contributed by atoms with van der Waals surface area (Å²) in [7, 11) is 0. The number of furan rings is 1. The third-order valence-electron chi connectivity index (χ3n) is 12.8. The molecule has 0 aliphatic heterocycles. The highest BCUT2D eigenvalue weighted by atomic mass is 16.3. The van der Waals surface area contributed by atoms with Crippen molar-refractivity contribution in [2.24, 2.45) is 0 Å². The average Bonchev–Trinajstić information content (AvgIpc) is 4.08. The van der Waals surface area contributed by atoms with Crippen LogP contribution in [0.15, 0.2) is 192 Å². The normalized spacial score (nSPS) is 12.5. The molecule has 0 atom stereocenters. The highest BCUT2D eigenvalue weighted by molar-refractivity contribution is 6.23. The van der Waals surface area contributed by atoms with Crippen LogP contribution in [0.1, 0.15) is 0 Å². The van der Waals surface area contributed by atoms with Gasteiger partial charge in [-0.05, 0) is 77.9 Å². The van der Waals surface area contributed by atoms with Crippen molar-refractivity contribution >= 4 is 104 Å². The van der Waals surface area contributed by atoms with E-state index in [-0.39, 0.29) is 0 Å². The summed E-state index contributed by atoms with van der Waals surface area (Å²) in [4.78, 5) is 0. The van der Waals surface area contributed by atoms with Crippen LogP contribution in [0.2, 0.25) is 0 Å². The number of benzene rings is 9. The Balaban J connectivity index is 0.962. The van der Waals surface area contributed by atoms with Crippen LogP contribution in [-0.4, -0.2) is 13.5 Å². The molecule has 0 saturated carbocycles. The first kappa shape index (κ1) is 30.4. The molecule has 5 aromatic heterocycles. The van der Waals surface area contributed by atoms with Crippen LogP contribution < -0.4 is 0 Å². The van der Waals surface area contributed by atoms with E-state index in [1.165, 1.54) is 81.8 Å².